The average Bonchev–Trinajstić information content (AvgIpc) is 3.22. The molecule has 1 aliphatic rings. The number of aliphatic hydroxyl groups excluding tert-OH is 1. The van der Waals surface area contributed by atoms with Gasteiger partial charge in [0.05, 0.1) is 32.4 Å². The standard InChI is InChI=1S/C31H27NO6/c1-4-38-24-14-12-23(13-15-24)32-28(21-11-16-25(36-2)26(18-21)37-3)27(30(34)31(32)35)29(33)22-10-9-19-7-5-6-8-20(19)17-22/h5-18,28,33H,4H2,1-3H3/b29-27+. The highest BCUT2D eigenvalue weighted by Crippen LogP contribution is 2.44. The second kappa shape index (κ2) is 10.3. The number of rotatable bonds is 7. The van der Waals surface area contributed by atoms with Crippen LogP contribution in [0.3, 0.4) is 0 Å². The summed E-state index contributed by atoms with van der Waals surface area (Å²) in [7, 11) is 3.05. The van der Waals surface area contributed by atoms with E-state index in [2.05, 4.69) is 0 Å². The molecule has 5 rings (SSSR count). The molecular weight excluding hydrogens is 482 g/mol. The molecule has 7 nitrogen and oxygen atoms in total. The maximum atomic E-state index is 13.5. The number of hydrogen-bond donors (Lipinski definition) is 1. The molecule has 1 aliphatic heterocycles. The van der Waals surface area contributed by atoms with E-state index in [1.54, 1.807) is 54.6 Å². The molecule has 1 unspecified atom stereocenters. The molecule has 1 fully saturated rings. The molecule has 0 bridgehead atoms. The molecule has 0 radical (unpaired) electrons. The van der Waals surface area contributed by atoms with E-state index in [9.17, 15) is 14.7 Å². The van der Waals surface area contributed by atoms with E-state index in [1.165, 1.54) is 19.1 Å². The molecule has 1 N–H and O–H groups in total. The highest BCUT2D eigenvalue weighted by atomic mass is 16.5. The predicted octanol–water partition coefficient (Wildman–Crippen LogP) is 5.88. The highest BCUT2D eigenvalue weighted by molar-refractivity contribution is 6.51. The fourth-order valence-corrected chi connectivity index (χ4v) is 4.80. The number of ketones is 1. The molecule has 7 heteroatoms. The highest BCUT2D eigenvalue weighted by Gasteiger charge is 2.47. The SMILES string of the molecule is CCOc1ccc(N2C(=O)C(=O)/C(=C(/O)c3ccc4ccccc4c3)C2c2ccc(OC)c(OC)c2)cc1. The van der Waals surface area contributed by atoms with Crippen LogP contribution < -0.4 is 19.1 Å². The van der Waals surface area contributed by atoms with Crippen LogP contribution in [-0.2, 0) is 9.59 Å². The zero-order valence-corrected chi connectivity index (χ0v) is 21.3. The van der Waals surface area contributed by atoms with Crippen molar-refractivity contribution in [3.8, 4) is 17.2 Å². The summed E-state index contributed by atoms with van der Waals surface area (Å²) in [6.07, 6.45) is 0. The molecule has 192 valence electrons. The first kappa shape index (κ1) is 24.9. The summed E-state index contributed by atoms with van der Waals surface area (Å²) >= 11 is 0. The van der Waals surface area contributed by atoms with Crippen LogP contribution >= 0.6 is 0 Å². The lowest BCUT2D eigenvalue weighted by Gasteiger charge is -2.26. The number of anilines is 1. The third-order valence-electron chi connectivity index (χ3n) is 6.62. The van der Waals surface area contributed by atoms with E-state index in [1.807, 2.05) is 37.3 Å². The van der Waals surface area contributed by atoms with Crippen molar-refractivity contribution in [2.45, 2.75) is 13.0 Å². The number of nitrogens with zero attached hydrogens (tertiary/aromatic N) is 1. The van der Waals surface area contributed by atoms with Crippen LogP contribution in [0.25, 0.3) is 16.5 Å². The molecule has 0 saturated carbocycles. The number of methoxy groups -OCH3 is 2. The van der Waals surface area contributed by atoms with Crippen LogP contribution in [0, 0.1) is 0 Å². The lowest BCUT2D eigenvalue weighted by atomic mass is 9.94. The second-order valence-corrected chi connectivity index (χ2v) is 8.77. The molecule has 1 heterocycles. The minimum atomic E-state index is -0.904. The minimum absolute atomic E-state index is 0.00798. The van der Waals surface area contributed by atoms with Gasteiger partial charge in [0.2, 0.25) is 0 Å². The van der Waals surface area contributed by atoms with Gasteiger partial charge < -0.3 is 19.3 Å². The largest absolute Gasteiger partial charge is 0.507 e. The monoisotopic (exact) mass is 509 g/mol. The summed E-state index contributed by atoms with van der Waals surface area (Å²) in [6, 6.07) is 24.4. The Balaban J connectivity index is 1.71. The number of Topliss-reactive ketones (excluding diaryl/α,β-unsaturated/α-hetero) is 1. The first-order valence-corrected chi connectivity index (χ1v) is 12.2. The number of benzene rings is 4. The maximum Gasteiger partial charge on any atom is 0.300 e. The van der Waals surface area contributed by atoms with Gasteiger partial charge in [-0.3, -0.25) is 14.5 Å². The molecule has 1 amide bonds. The topological polar surface area (TPSA) is 85.3 Å². The molecule has 38 heavy (non-hydrogen) atoms. The normalized spacial score (nSPS) is 16.6. The average molecular weight is 510 g/mol. The number of carbonyl (C=O) groups excluding carboxylic acids is 2. The van der Waals surface area contributed by atoms with Crippen LogP contribution in [0.5, 0.6) is 17.2 Å². The first-order chi connectivity index (χ1) is 18.5. The minimum Gasteiger partial charge on any atom is -0.507 e. The summed E-state index contributed by atoms with van der Waals surface area (Å²) < 4.78 is 16.4. The summed E-state index contributed by atoms with van der Waals surface area (Å²) in [6.45, 7) is 2.39. The van der Waals surface area contributed by atoms with E-state index in [-0.39, 0.29) is 11.3 Å². The number of hydrogen-bond acceptors (Lipinski definition) is 6. The van der Waals surface area contributed by atoms with Crippen molar-refractivity contribution < 1.29 is 28.9 Å². The Kier molecular flexibility index (Phi) is 6.75. The number of ether oxygens (including phenoxy) is 3. The van der Waals surface area contributed by atoms with Gasteiger partial charge in [-0.05, 0) is 65.7 Å². The van der Waals surface area contributed by atoms with Gasteiger partial charge >= 0.3 is 0 Å². The van der Waals surface area contributed by atoms with Crippen molar-refractivity contribution in [2.75, 3.05) is 25.7 Å². The van der Waals surface area contributed by atoms with Crippen molar-refractivity contribution in [1.82, 2.24) is 0 Å². The van der Waals surface area contributed by atoms with Gasteiger partial charge in [-0.2, -0.15) is 0 Å². The predicted molar refractivity (Wildman–Crippen MR) is 146 cm³/mol. The van der Waals surface area contributed by atoms with Gasteiger partial charge in [0.1, 0.15) is 11.5 Å². The lowest BCUT2D eigenvalue weighted by Crippen LogP contribution is -2.29. The van der Waals surface area contributed by atoms with Crippen molar-refractivity contribution in [3.05, 3.63) is 102 Å². The Morgan fingerprint density at radius 2 is 1.55 bits per heavy atom. The number of aliphatic hydroxyl groups is 1. The van der Waals surface area contributed by atoms with Crippen molar-refractivity contribution in [2.24, 2.45) is 0 Å². The number of amides is 1. The van der Waals surface area contributed by atoms with E-state index < -0.39 is 17.7 Å². The Hall–Kier alpha value is -4.78. The first-order valence-electron chi connectivity index (χ1n) is 12.2. The van der Waals surface area contributed by atoms with Crippen LogP contribution in [0.1, 0.15) is 24.1 Å². The van der Waals surface area contributed by atoms with Gasteiger partial charge in [-0.25, -0.2) is 0 Å². The van der Waals surface area contributed by atoms with Gasteiger partial charge in [0, 0.05) is 11.3 Å². The van der Waals surface area contributed by atoms with Gasteiger partial charge in [-0.1, -0.05) is 42.5 Å². The molecule has 0 aliphatic carbocycles. The number of carbonyl (C=O) groups is 2. The van der Waals surface area contributed by atoms with E-state index >= 15 is 0 Å². The van der Waals surface area contributed by atoms with Crippen molar-refractivity contribution in [3.63, 3.8) is 0 Å². The van der Waals surface area contributed by atoms with E-state index in [4.69, 9.17) is 14.2 Å². The molecule has 4 aromatic carbocycles. The summed E-state index contributed by atoms with van der Waals surface area (Å²) in [5.74, 6) is -0.175. The van der Waals surface area contributed by atoms with Gasteiger partial charge in [-0.15, -0.1) is 0 Å². The van der Waals surface area contributed by atoms with E-state index in [0.717, 1.165) is 10.8 Å². The Labute approximate surface area is 220 Å². The summed E-state index contributed by atoms with van der Waals surface area (Å²) in [5.41, 5.74) is 1.51. The zero-order valence-electron chi connectivity index (χ0n) is 21.3. The van der Waals surface area contributed by atoms with Crippen molar-refractivity contribution in [1.29, 1.82) is 0 Å². The van der Waals surface area contributed by atoms with Crippen LogP contribution in [0.4, 0.5) is 5.69 Å². The third kappa shape index (κ3) is 4.32. The third-order valence-corrected chi connectivity index (χ3v) is 6.62. The molecule has 0 spiro atoms. The quantitative estimate of drug-likeness (QED) is 0.190. The number of fused-ring (bicyclic) bond motifs is 1. The fourth-order valence-electron chi connectivity index (χ4n) is 4.80. The van der Waals surface area contributed by atoms with Crippen LogP contribution in [0.15, 0.2) is 90.5 Å². The summed E-state index contributed by atoms with van der Waals surface area (Å²) in [5, 5.41) is 13.4. The van der Waals surface area contributed by atoms with Crippen molar-refractivity contribution >= 4 is 33.9 Å². The van der Waals surface area contributed by atoms with Gasteiger partial charge in [0.15, 0.2) is 11.5 Å². The Bertz CT molecular complexity index is 1560. The molecule has 4 aromatic rings. The van der Waals surface area contributed by atoms with Crippen LogP contribution in [0.2, 0.25) is 0 Å². The molecular formula is C31H27NO6. The molecule has 0 aromatic heterocycles. The summed E-state index contributed by atoms with van der Waals surface area (Å²) in [4.78, 5) is 28.4. The lowest BCUT2D eigenvalue weighted by molar-refractivity contribution is -0.132. The fraction of sp³-hybridized carbons (Fsp3) is 0.161. The smallest absolute Gasteiger partial charge is 0.300 e. The van der Waals surface area contributed by atoms with E-state index in [0.29, 0.717) is 40.7 Å². The van der Waals surface area contributed by atoms with Gasteiger partial charge in [0.25, 0.3) is 11.7 Å². The Morgan fingerprint density at radius 1 is 0.842 bits per heavy atom. The Morgan fingerprint density at radius 3 is 2.24 bits per heavy atom. The second-order valence-electron chi connectivity index (χ2n) is 8.77. The maximum absolute atomic E-state index is 13.5. The molecule has 1 atom stereocenters. The molecule has 1 saturated heterocycles. The zero-order chi connectivity index (χ0) is 26.8. The van der Waals surface area contributed by atoms with Crippen LogP contribution in [-0.4, -0.2) is 37.6 Å².